The van der Waals surface area contributed by atoms with E-state index in [1.54, 1.807) is 18.2 Å². The lowest BCUT2D eigenvalue weighted by Gasteiger charge is -2.23. The number of halogens is 4. The lowest BCUT2D eigenvalue weighted by Crippen LogP contribution is -2.36. The predicted molar refractivity (Wildman–Crippen MR) is 123 cm³/mol. The number of alkyl halides is 3. The molecule has 0 heterocycles. The van der Waals surface area contributed by atoms with E-state index in [1.165, 1.54) is 12.1 Å². The highest BCUT2D eigenvalue weighted by molar-refractivity contribution is 8.26. The predicted octanol–water partition coefficient (Wildman–Crippen LogP) is 5.87. The second-order valence-corrected chi connectivity index (χ2v) is 8.12. The molecule has 0 spiro atoms. The number of carbonyl (C=O) groups is 2. The summed E-state index contributed by atoms with van der Waals surface area (Å²) < 4.78 is 45.1. The summed E-state index contributed by atoms with van der Waals surface area (Å²) in [5.74, 6) is -1.07. The van der Waals surface area contributed by atoms with Crippen molar-refractivity contribution >= 4 is 45.8 Å². The minimum absolute atomic E-state index is 0.115. The van der Waals surface area contributed by atoms with Gasteiger partial charge in [-0.2, -0.15) is 13.2 Å². The van der Waals surface area contributed by atoms with Crippen molar-refractivity contribution in [2.75, 3.05) is 13.2 Å². The smallest absolute Gasteiger partial charge is 0.419 e. The molecule has 6 nitrogen and oxygen atoms in total. The number of amidine groups is 1. The number of hydrogen-bond acceptors (Lipinski definition) is 6. The summed E-state index contributed by atoms with van der Waals surface area (Å²) in [5, 5.41) is 16.1. The monoisotopic (exact) mass is 499 g/mol. The van der Waals surface area contributed by atoms with Gasteiger partial charge < -0.3 is 4.74 Å². The highest BCUT2D eigenvalue weighted by Crippen LogP contribution is 2.37. The van der Waals surface area contributed by atoms with E-state index >= 15 is 0 Å². The van der Waals surface area contributed by atoms with E-state index in [2.05, 4.69) is 0 Å². The molecule has 0 radical (unpaired) electrons. The lowest BCUT2D eigenvalue weighted by atomic mass is 10.1. The van der Waals surface area contributed by atoms with Gasteiger partial charge in [-0.3, -0.25) is 25.3 Å². The van der Waals surface area contributed by atoms with Crippen molar-refractivity contribution in [1.29, 1.82) is 10.8 Å². The number of benzene rings is 2. The Morgan fingerprint density at radius 1 is 1.21 bits per heavy atom. The summed E-state index contributed by atoms with van der Waals surface area (Å²) in [6.45, 7) is 1.55. The molecule has 0 atom stereocenters. The van der Waals surface area contributed by atoms with Crippen LogP contribution in [-0.2, 0) is 11.0 Å². The number of thioether (sulfide) groups is 1. The number of carbonyl (C=O) groups excluding carboxylic acids is 2. The fourth-order valence-electron chi connectivity index (χ4n) is 2.74. The Labute approximate surface area is 198 Å². The van der Waals surface area contributed by atoms with E-state index in [-0.39, 0.29) is 32.9 Å². The van der Waals surface area contributed by atoms with E-state index in [1.807, 2.05) is 6.92 Å². The van der Waals surface area contributed by atoms with Gasteiger partial charge in [0.15, 0.2) is 11.5 Å². The minimum Gasteiger partial charge on any atom is -0.486 e. The number of unbranched alkanes of at least 4 members (excludes halogenated alkanes) is 1. The van der Waals surface area contributed by atoms with Gasteiger partial charge in [0.25, 0.3) is 5.91 Å². The van der Waals surface area contributed by atoms with Crippen LogP contribution in [0.1, 0.15) is 41.3 Å². The quantitative estimate of drug-likeness (QED) is 0.270. The Kier molecular flexibility index (Phi) is 9.48. The van der Waals surface area contributed by atoms with Crippen molar-refractivity contribution in [3.8, 4) is 5.75 Å². The first-order chi connectivity index (χ1) is 15.6. The number of nitrogens with one attached hydrogen (secondary N) is 2. The first-order valence-electron chi connectivity index (χ1n) is 9.79. The highest BCUT2D eigenvalue weighted by Gasteiger charge is 2.35. The van der Waals surface area contributed by atoms with E-state index in [4.69, 9.17) is 27.2 Å². The molecule has 2 N–H and O–H groups in total. The molecule has 0 aromatic heterocycles. The Hall–Kier alpha value is -2.85. The standard InChI is InChI=1S/C22H21ClF3N3O3S/c1-2-3-10-29(20(31)15-6-4-5-7-17(15)23)21(28)33-19(27)14-8-9-18(32-12-11-30)16(13-14)22(24,25)26/h4-9,11,13,27-28H,2-3,10,12H2,1H3. The number of ether oxygens (including phenoxy) is 1. The third kappa shape index (κ3) is 7.06. The Morgan fingerprint density at radius 3 is 2.52 bits per heavy atom. The third-order valence-corrected chi connectivity index (χ3v) is 5.57. The molecule has 1 amide bonds. The third-order valence-electron chi connectivity index (χ3n) is 4.38. The van der Waals surface area contributed by atoms with Crippen LogP contribution in [0, 0.1) is 10.8 Å². The maximum atomic E-state index is 13.4. The van der Waals surface area contributed by atoms with E-state index in [0.29, 0.717) is 24.5 Å². The second-order valence-electron chi connectivity index (χ2n) is 6.71. The molecule has 0 aliphatic carbocycles. The average Bonchev–Trinajstić information content (AvgIpc) is 2.77. The summed E-state index contributed by atoms with van der Waals surface area (Å²) in [5.41, 5.74) is -1.08. The van der Waals surface area contributed by atoms with Gasteiger partial charge in [0.05, 0.1) is 16.1 Å². The fourth-order valence-corrected chi connectivity index (χ4v) is 3.68. The van der Waals surface area contributed by atoms with Crippen molar-refractivity contribution in [1.82, 2.24) is 4.90 Å². The molecule has 176 valence electrons. The molecule has 11 heteroatoms. The molecule has 0 saturated carbocycles. The van der Waals surface area contributed by atoms with Gasteiger partial charge in [-0.15, -0.1) is 0 Å². The van der Waals surface area contributed by atoms with E-state index in [0.717, 1.165) is 23.5 Å². The Balaban J connectivity index is 2.28. The zero-order valence-electron chi connectivity index (χ0n) is 17.5. The topological polar surface area (TPSA) is 94.3 Å². The molecule has 0 fully saturated rings. The maximum absolute atomic E-state index is 13.4. The number of rotatable bonds is 8. The Bertz CT molecular complexity index is 1050. The van der Waals surface area contributed by atoms with Crippen LogP contribution in [0.3, 0.4) is 0 Å². The van der Waals surface area contributed by atoms with E-state index in [9.17, 15) is 22.8 Å². The van der Waals surface area contributed by atoms with Crippen molar-refractivity contribution in [2.24, 2.45) is 0 Å². The van der Waals surface area contributed by atoms with Gasteiger partial charge >= 0.3 is 6.18 Å². The molecule has 0 bridgehead atoms. The molecule has 33 heavy (non-hydrogen) atoms. The van der Waals surface area contributed by atoms with Crippen LogP contribution in [-0.4, -0.2) is 40.5 Å². The number of amides is 1. The van der Waals surface area contributed by atoms with Crippen LogP contribution >= 0.6 is 23.4 Å². The van der Waals surface area contributed by atoms with Crippen molar-refractivity contribution in [2.45, 2.75) is 25.9 Å². The highest BCUT2D eigenvalue weighted by atomic mass is 35.5. The van der Waals surface area contributed by atoms with Gasteiger partial charge in [-0.25, -0.2) is 0 Å². The summed E-state index contributed by atoms with van der Waals surface area (Å²) in [6.07, 6.45) is -3.14. The van der Waals surface area contributed by atoms with Gasteiger partial charge in [-0.05, 0) is 48.5 Å². The molecule has 0 aliphatic rings. The first kappa shape index (κ1) is 26.4. The summed E-state index contributed by atoms with van der Waals surface area (Å²) in [6, 6.07) is 9.30. The van der Waals surface area contributed by atoms with Gasteiger partial charge in [0.2, 0.25) is 0 Å². The van der Waals surface area contributed by atoms with Crippen molar-refractivity contribution < 1.29 is 27.5 Å². The molecular formula is C22H21ClF3N3O3S. The summed E-state index contributed by atoms with van der Waals surface area (Å²) in [4.78, 5) is 24.6. The SMILES string of the molecule is CCCCN(C(=N)SC(=N)c1ccc(OCC=O)c(C(F)(F)F)c1)C(=O)c1ccccc1Cl. The number of hydrogen-bond donors (Lipinski definition) is 2. The number of aldehydes is 1. The van der Waals surface area contributed by atoms with Gasteiger partial charge in [0.1, 0.15) is 17.4 Å². The van der Waals surface area contributed by atoms with Crippen molar-refractivity contribution in [3.63, 3.8) is 0 Å². The molecule has 2 aromatic carbocycles. The Morgan fingerprint density at radius 2 is 1.91 bits per heavy atom. The fraction of sp³-hybridized carbons (Fsp3) is 0.273. The number of nitrogens with zero attached hydrogens (tertiary/aromatic N) is 1. The molecule has 2 aromatic rings. The second kappa shape index (κ2) is 11.9. The molecule has 0 saturated heterocycles. The molecule has 0 aliphatic heterocycles. The minimum atomic E-state index is -4.78. The van der Waals surface area contributed by atoms with Crippen LogP contribution in [0.5, 0.6) is 5.75 Å². The maximum Gasteiger partial charge on any atom is 0.419 e. The molecule has 2 rings (SSSR count). The molecular weight excluding hydrogens is 479 g/mol. The van der Waals surface area contributed by atoms with Gasteiger partial charge in [-0.1, -0.05) is 37.1 Å². The summed E-state index contributed by atoms with van der Waals surface area (Å²) >= 11 is 6.65. The average molecular weight is 500 g/mol. The van der Waals surface area contributed by atoms with Crippen LogP contribution in [0.4, 0.5) is 13.2 Å². The zero-order valence-corrected chi connectivity index (χ0v) is 19.1. The van der Waals surface area contributed by atoms with Gasteiger partial charge in [0, 0.05) is 12.1 Å². The van der Waals surface area contributed by atoms with Crippen LogP contribution in [0.25, 0.3) is 0 Å². The largest absolute Gasteiger partial charge is 0.486 e. The van der Waals surface area contributed by atoms with E-state index < -0.39 is 30.0 Å². The molecule has 0 unspecified atom stereocenters. The normalized spacial score (nSPS) is 11.1. The first-order valence-corrected chi connectivity index (χ1v) is 11.0. The lowest BCUT2D eigenvalue weighted by molar-refractivity contribution is -0.139. The van der Waals surface area contributed by atoms with Crippen LogP contribution in [0.15, 0.2) is 42.5 Å². The van der Waals surface area contributed by atoms with Crippen molar-refractivity contribution in [3.05, 3.63) is 64.2 Å². The zero-order chi connectivity index (χ0) is 24.6. The van der Waals surface area contributed by atoms with Crippen LogP contribution in [0.2, 0.25) is 5.02 Å². The van der Waals surface area contributed by atoms with Crippen LogP contribution < -0.4 is 4.74 Å². The summed E-state index contributed by atoms with van der Waals surface area (Å²) in [7, 11) is 0.